The fourth-order valence-electron chi connectivity index (χ4n) is 0.642. The van der Waals surface area contributed by atoms with E-state index in [0.717, 1.165) is 0 Å². The molecular formula is C7H14N2O3. The van der Waals surface area contributed by atoms with E-state index in [1.54, 1.807) is 0 Å². The Morgan fingerprint density at radius 3 is 2.58 bits per heavy atom. The van der Waals surface area contributed by atoms with Gasteiger partial charge in [0.15, 0.2) is 6.10 Å². The predicted molar refractivity (Wildman–Crippen MR) is 43.3 cm³/mol. The lowest BCUT2D eigenvalue weighted by atomic mass is 10.4. The molecule has 0 spiro atoms. The van der Waals surface area contributed by atoms with Crippen molar-refractivity contribution in [3.05, 3.63) is 0 Å². The number of carbonyl (C=O) groups is 2. The number of rotatable bonds is 4. The summed E-state index contributed by atoms with van der Waals surface area (Å²) in [6.07, 6.45) is -0.742. The molecule has 1 unspecified atom stereocenters. The molecule has 0 saturated carbocycles. The van der Waals surface area contributed by atoms with Crippen molar-refractivity contribution in [2.24, 2.45) is 5.73 Å². The number of hydrogen-bond acceptors (Lipinski definition) is 4. The van der Waals surface area contributed by atoms with Crippen LogP contribution in [0.2, 0.25) is 0 Å². The van der Waals surface area contributed by atoms with E-state index in [9.17, 15) is 9.59 Å². The lowest BCUT2D eigenvalue weighted by Gasteiger charge is -2.10. The molecule has 0 aromatic carbocycles. The summed E-state index contributed by atoms with van der Waals surface area (Å²) in [4.78, 5) is 21.4. The van der Waals surface area contributed by atoms with Gasteiger partial charge < -0.3 is 15.8 Å². The summed E-state index contributed by atoms with van der Waals surface area (Å²) in [5.74, 6) is -0.791. The van der Waals surface area contributed by atoms with Gasteiger partial charge in [-0.3, -0.25) is 9.59 Å². The van der Waals surface area contributed by atoms with Crippen molar-refractivity contribution in [3.8, 4) is 0 Å². The zero-order valence-corrected chi connectivity index (χ0v) is 7.29. The second-order valence-corrected chi connectivity index (χ2v) is 2.33. The van der Waals surface area contributed by atoms with Gasteiger partial charge in [-0.15, -0.1) is 0 Å². The van der Waals surface area contributed by atoms with E-state index in [1.807, 2.05) is 0 Å². The molecule has 3 N–H and O–H groups in total. The summed E-state index contributed by atoms with van der Waals surface area (Å²) >= 11 is 0. The normalized spacial score (nSPS) is 11.9. The zero-order valence-electron chi connectivity index (χ0n) is 7.29. The first-order valence-electron chi connectivity index (χ1n) is 3.73. The molecule has 0 aromatic heterocycles. The molecule has 0 aromatic rings. The maximum atomic E-state index is 11.0. The third-order valence-corrected chi connectivity index (χ3v) is 1.16. The first-order chi connectivity index (χ1) is 5.57. The van der Waals surface area contributed by atoms with Crippen LogP contribution in [-0.4, -0.2) is 31.1 Å². The van der Waals surface area contributed by atoms with Gasteiger partial charge >= 0.3 is 5.97 Å². The Bertz CT molecular complexity index is 170. The molecule has 1 amide bonds. The molecule has 70 valence electrons. The smallest absolute Gasteiger partial charge is 0.303 e. The summed E-state index contributed by atoms with van der Waals surface area (Å²) in [5, 5.41) is 2.50. The van der Waals surface area contributed by atoms with Crippen molar-refractivity contribution in [1.29, 1.82) is 0 Å². The largest absolute Gasteiger partial charge is 0.453 e. The average molecular weight is 174 g/mol. The van der Waals surface area contributed by atoms with Crippen molar-refractivity contribution in [2.45, 2.75) is 20.0 Å². The Labute approximate surface area is 71.3 Å². The molecule has 5 heteroatoms. The minimum atomic E-state index is -0.742. The maximum absolute atomic E-state index is 11.0. The molecule has 12 heavy (non-hydrogen) atoms. The molecule has 5 nitrogen and oxygen atoms in total. The lowest BCUT2D eigenvalue weighted by molar-refractivity contribution is -0.152. The predicted octanol–water partition coefficient (Wildman–Crippen LogP) is -0.987. The van der Waals surface area contributed by atoms with E-state index in [1.165, 1.54) is 13.8 Å². The van der Waals surface area contributed by atoms with Gasteiger partial charge in [0, 0.05) is 20.0 Å². The van der Waals surface area contributed by atoms with Crippen LogP contribution in [0.3, 0.4) is 0 Å². The van der Waals surface area contributed by atoms with E-state index >= 15 is 0 Å². The zero-order chi connectivity index (χ0) is 9.56. The third-order valence-electron chi connectivity index (χ3n) is 1.16. The minimum Gasteiger partial charge on any atom is -0.453 e. The van der Waals surface area contributed by atoms with Crippen LogP contribution >= 0.6 is 0 Å². The van der Waals surface area contributed by atoms with E-state index in [0.29, 0.717) is 13.1 Å². The quantitative estimate of drug-likeness (QED) is 0.536. The van der Waals surface area contributed by atoms with Crippen LogP contribution in [0, 0.1) is 0 Å². The van der Waals surface area contributed by atoms with Crippen molar-refractivity contribution >= 4 is 11.9 Å². The molecular weight excluding hydrogens is 160 g/mol. The molecule has 0 bridgehead atoms. The molecule has 0 fully saturated rings. The second-order valence-electron chi connectivity index (χ2n) is 2.33. The summed E-state index contributed by atoms with van der Waals surface area (Å²) in [6, 6.07) is 0. The van der Waals surface area contributed by atoms with Gasteiger partial charge in [0.2, 0.25) is 0 Å². The Morgan fingerprint density at radius 1 is 1.58 bits per heavy atom. The number of ether oxygens (including phenoxy) is 1. The summed E-state index contributed by atoms with van der Waals surface area (Å²) < 4.78 is 4.62. The van der Waals surface area contributed by atoms with Crippen LogP contribution in [0.15, 0.2) is 0 Å². The van der Waals surface area contributed by atoms with Crippen LogP contribution in [0.25, 0.3) is 0 Å². The van der Waals surface area contributed by atoms with Gasteiger partial charge in [-0.05, 0) is 6.92 Å². The standard InChI is InChI=1S/C7H14N2O3/c1-5(12-6(2)10)7(11)9-4-3-8/h5H,3-4,8H2,1-2H3,(H,9,11). The van der Waals surface area contributed by atoms with Crippen molar-refractivity contribution in [1.82, 2.24) is 5.32 Å². The number of esters is 1. The van der Waals surface area contributed by atoms with Crippen LogP contribution < -0.4 is 11.1 Å². The Kier molecular flexibility index (Phi) is 5.03. The average Bonchev–Trinajstić information content (AvgIpc) is 1.98. The van der Waals surface area contributed by atoms with Crippen LogP contribution in [-0.2, 0) is 14.3 Å². The number of carbonyl (C=O) groups excluding carboxylic acids is 2. The molecule has 1 atom stereocenters. The van der Waals surface area contributed by atoms with Crippen LogP contribution in [0.5, 0.6) is 0 Å². The Morgan fingerprint density at radius 2 is 2.17 bits per heavy atom. The van der Waals surface area contributed by atoms with Gasteiger partial charge in [-0.2, -0.15) is 0 Å². The molecule has 0 radical (unpaired) electrons. The fourth-order valence-corrected chi connectivity index (χ4v) is 0.642. The summed E-state index contributed by atoms with van der Waals surface area (Å²) in [5.41, 5.74) is 5.16. The topological polar surface area (TPSA) is 81.4 Å². The van der Waals surface area contributed by atoms with Gasteiger partial charge in [0.05, 0.1) is 0 Å². The van der Waals surface area contributed by atoms with Crippen molar-refractivity contribution in [3.63, 3.8) is 0 Å². The van der Waals surface area contributed by atoms with Crippen molar-refractivity contribution < 1.29 is 14.3 Å². The van der Waals surface area contributed by atoms with Gasteiger partial charge in [0.25, 0.3) is 5.91 Å². The van der Waals surface area contributed by atoms with Crippen LogP contribution in [0.1, 0.15) is 13.8 Å². The number of hydrogen-bond donors (Lipinski definition) is 2. The van der Waals surface area contributed by atoms with Crippen LogP contribution in [0.4, 0.5) is 0 Å². The van der Waals surface area contributed by atoms with E-state index < -0.39 is 12.1 Å². The minimum absolute atomic E-state index is 0.323. The Hall–Kier alpha value is -1.10. The third kappa shape index (κ3) is 4.68. The number of nitrogens with two attached hydrogens (primary N) is 1. The Balaban J connectivity index is 3.69. The number of amides is 1. The highest BCUT2D eigenvalue weighted by atomic mass is 16.5. The van der Waals surface area contributed by atoms with E-state index in [2.05, 4.69) is 10.1 Å². The maximum Gasteiger partial charge on any atom is 0.303 e. The molecule has 0 saturated heterocycles. The SMILES string of the molecule is CC(=O)OC(C)C(=O)NCCN. The molecule has 0 heterocycles. The molecule has 0 aliphatic carbocycles. The molecule has 0 aliphatic heterocycles. The summed E-state index contributed by atoms with van der Waals surface area (Å²) in [6.45, 7) is 3.53. The van der Waals surface area contributed by atoms with Gasteiger partial charge in [0.1, 0.15) is 0 Å². The molecule has 0 aliphatic rings. The monoisotopic (exact) mass is 174 g/mol. The van der Waals surface area contributed by atoms with Gasteiger partial charge in [-0.1, -0.05) is 0 Å². The van der Waals surface area contributed by atoms with Gasteiger partial charge in [-0.25, -0.2) is 0 Å². The summed E-state index contributed by atoms with van der Waals surface area (Å²) in [7, 11) is 0. The fraction of sp³-hybridized carbons (Fsp3) is 0.714. The highest BCUT2D eigenvalue weighted by Crippen LogP contribution is 1.90. The van der Waals surface area contributed by atoms with E-state index in [-0.39, 0.29) is 5.91 Å². The lowest BCUT2D eigenvalue weighted by Crippen LogP contribution is -2.37. The second kappa shape index (κ2) is 5.54. The first kappa shape index (κ1) is 10.9. The number of nitrogens with one attached hydrogen (secondary N) is 1. The highest BCUT2D eigenvalue weighted by Gasteiger charge is 2.13. The first-order valence-corrected chi connectivity index (χ1v) is 3.73. The highest BCUT2D eigenvalue weighted by molar-refractivity contribution is 5.82. The van der Waals surface area contributed by atoms with E-state index in [4.69, 9.17) is 5.73 Å². The van der Waals surface area contributed by atoms with Crippen molar-refractivity contribution in [2.75, 3.05) is 13.1 Å². The molecule has 0 rings (SSSR count).